The van der Waals surface area contributed by atoms with Gasteiger partial charge in [-0.3, -0.25) is 10.2 Å². The van der Waals surface area contributed by atoms with Gasteiger partial charge in [-0.2, -0.15) is 0 Å². The van der Waals surface area contributed by atoms with Crippen LogP contribution in [-0.4, -0.2) is 50.4 Å². The van der Waals surface area contributed by atoms with Gasteiger partial charge < -0.3 is 20.7 Å². The predicted octanol–water partition coefficient (Wildman–Crippen LogP) is 4.45. The molecule has 0 spiro atoms. The van der Waals surface area contributed by atoms with Crippen molar-refractivity contribution < 1.29 is 9.53 Å². The largest absolute Gasteiger partial charge is 0.457 e. The molecule has 2 heterocycles. The number of amides is 1. The van der Waals surface area contributed by atoms with Crippen LogP contribution in [0.1, 0.15) is 30.9 Å². The standard InChI is InChI=1S/C25H27BrN6O2/c1-16(26)25(33)32-13-5-6-18(14-32)31-24-21(23(28)29-15-30-24)22(27)17-9-11-20(12-10-17)34-19-7-3-2-4-8-19/h2-4,7-12,15-16,18,27H,5-6,13-14H2,1H3,(H3,28,29,30,31). The SMILES string of the molecule is CC(Br)C(=O)N1CCCC(Nc2ncnc(N)c2C(=N)c2ccc(Oc3ccccc3)cc2)C1. The Labute approximate surface area is 207 Å². The molecule has 9 heteroatoms. The second-order valence-electron chi connectivity index (χ2n) is 8.18. The number of likely N-dealkylation sites (tertiary alicyclic amines) is 1. The van der Waals surface area contributed by atoms with Gasteiger partial charge in [-0.15, -0.1) is 0 Å². The first kappa shape index (κ1) is 23.7. The van der Waals surface area contributed by atoms with Gasteiger partial charge in [-0.25, -0.2) is 9.97 Å². The number of rotatable bonds is 7. The van der Waals surface area contributed by atoms with E-state index in [4.69, 9.17) is 15.9 Å². The van der Waals surface area contributed by atoms with Gasteiger partial charge in [0.25, 0.3) is 0 Å². The van der Waals surface area contributed by atoms with E-state index in [-0.39, 0.29) is 28.3 Å². The smallest absolute Gasteiger partial charge is 0.236 e. The van der Waals surface area contributed by atoms with Crippen LogP contribution in [0.2, 0.25) is 0 Å². The maximum atomic E-state index is 12.4. The van der Waals surface area contributed by atoms with Gasteiger partial charge in [0.05, 0.1) is 16.1 Å². The van der Waals surface area contributed by atoms with Crippen molar-refractivity contribution in [1.82, 2.24) is 14.9 Å². The van der Waals surface area contributed by atoms with E-state index < -0.39 is 0 Å². The Morgan fingerprint density at radius 1 is 1.18 bits per heavy atom. The first-order valence-electron chi connectivity index (χ1n) is 11.1. The third-order valence-corrected chi connectivity index (χ3v) is 6.05. The molecule has 2 unspecified atom stereocenters. The quantitative estimate of drug-likeness (QED) is 0.311. The van der Waals surface area contributed by atoms with E-state index in [2.05, 4.69) is 31.2 Å². The summed E-state index contributed by atoms with van der Waals surface area (Å²) in [6, 6.07) is 16.8. The fraction of sp³-hybridized carbons (Fsp3) is 0.280. The van der Waals surface area contributed by atoms with Crippen molar-refractivity contribution in [1.29, 1.82) is 5.41 Å². The van der Waals surface area contributed by atoms with Crippen molar-refractivity contribution in [3.63, 3.8) is 0 Å². The number of nitrogens with one attached hydrogen (secondary N) is 2. The third-order valence-electron chi connectivity index (χ3n) is 5.66. The normalized spacial score (nSPS) is 16.5. The number of nitrogen functional groups attached to an aromatic ring is 1. The average Bonchev–Trinajstić information content (AvgIpc) is 2.84. The van der Waals surface area contributed by atoms with Crippen molar-refractivity contribution in [2.75, 3.05) is 24.1 Å². The summed E-state index contributed by atoms with van der Waals surface area (Å²) in [4.78, 5) is 22.5. The molecule has 2 atom stereocenters. The lowest BCUT2D eigenvalue weighted by atomic mass is 10.0. The molecule has 1 amide bonds. The van der Waals surface area contributed by atoms with E-state index in [0.717, 1.165) is 25.1 Å². The van der Waals surface area contributed by atoms with Crippen LogP contribution in [0.4, 0.5) is 11.6 Å². The number of hydrogen-bond donors (Lipinski definition) is 3. The zero-order chi connectivity index (χ0) is 24.1. The lowest BCUT2D eigenvalue weighted by Crippen LogP contribution is -2.47. The summed E-state index contributed by atoms with van der Waals surface area (Å²) in [6.45, 7) is 3.13. The summed E-state index contributed by atoms with van der Waals surface area (Å²) >= 11 is 3.37. The molecule has 8 nitrogen and oxygen atoms in total. The predicted molar refractivity (Wildman–Crippen MR) is 137 cm³/mol. The van der Waals surface area contributed by atoms with E-state index in [1.807, 2.05) is 66.4 Å². The number of halogens is 1. The van der Waals surface area contributed by atoms with Crippen LogP contribution in [0.3, 0.4) is 0 Å². The van der Waals surface area contributed by atoms with E-state index >= 15 is 0 Å². The van der Waals surface area contributed by atoms with E-state index in [1.165, 1.54) is 6.33 Å². The number of piperidine rings is 1. The Hall–Kier alpha value is -3.46. The van der Waals surface area contributed by atoms with Crippen molar-refractivity contribution in [2.24, 2.45) is 0 Å². The topological polar surface area (TPSA) is 117 Å². The van der Waals surface area contributed by atoms with Crippen LogP contribution >= 0.6 is 15.9 Å². The molecule has 1 saturated heterocycles. The molecule has 4 N–H and O–H groups in total. The second kappa shape index (κ2) is 10.6. The summed E-state index contributed by atoms with van der Waals surface area (Å²) < 4.78 is 5.85. The fourth-order valence-corrected chi connectivity index (χ4v) is 4.24. The van der Waals surface area contributed by atoms with Gasteiger partial charge in [0, 0.05) is 24.7 Å². The summed E-state index contributed by atoms with van der Waals surface area (Å²) in [6.07, 6.45) is 3.17. The summed E-state index contributed by atoms with van der Waals surface area (Å²) in [5.74, 6) is 2.20. The van der Waals surface area contributed by atoms with Gasteiger partial charge in [-0.05, 0) is 56.2 Å². The zero-order valence-corrected chi connectivity index (χ0v) is 20.5. The summed E-state index contributed by atoms with van der Waals surface area (Å²) in [7, 11) is 0. The molecule has 0 bridgehead atoms. The number of para-hydroxylation sites is 1. The minimum absolute atomic E-state index is 0.00597. The van der Waals surface area contributed by atoms with E-state index in [9.17, 15) is 4.79 Å². The lowest BCUT2D eigenvalue weighted by Gasteiger charge is -2.34. The number of anilines is 2. The molecule has 1 fully saturated rings. The minimum Gasteiger partial charge on any atom is -0.457 e. The number of hydrogen-bond acceptors (Lipinski definition) is 7. The number of aromatic nitrogens is 2. The molecule has 0 radical (unpaired) electrons. The molecule has 0 aliphatic carbocycles. The second-order valence-corrected chi connectivity index (χ2v) is 9.55. The highest BCUT2D eigenvalue weighted by Gasteiger charge is 2.27. The van der Waals surface area contributed by atoms with Crippen LogP contribution in [0, 0.1) is 5.41 Å². The van der Waals surface area contributed by atoms with Gasteiger partial charge in [0.15, 0.2) is 0 Å². The first-order valence-corrected chi connectivity index (χ1v) is 12.1. The van der Waals surface area contributed by atoms with Crippen molar-refractivity contribution >= 4 is 39.2 Å². The molecule has 176 valence electrons. The number of nitrogens with zero attached hydrogens (tertiary/aromatic N) is 3. The van der Waals surface area contributed by atoms with Crippen LogP contribution < -0.4 is 15.8 Å². The molecule has 1 aliphatic rings. The Kier molecular flexibility index (Phi) is 7.42. The number of nitrogens with two attached hydrogens (primary N) is 1. The van der Waals surface area contributed by atoms with Crippen LogP contribution in [-0.2, 0) is 4.79 Å². The van der Waals surface area contributed by atoms with Gasteiger partial charge in [0.2, 0.25) is 5.91 Å². The number of carbonyl (C=O) groups is 1. The maximum absolute atomic E-state index is 12.4. The van der Waals surface area contributed by atoms with E-state index in [1.54, 1.807) is 0 Å². The molecular formula is C25H27BrN6O2. The average molecular weight is 523 g/mol. The molecule has 1 aromatic heterocycles. The molecule has 3 aromatic rings. The number of carbonyl (C=O) groups excluding carboxylic acids is 1. The highest BCUT2D eigenvalue weighted by atomic mass is 79.9. The Bertz CT molecular complexity index is 1150. The lowest BCUT2D eigenvalue weighted by molar-refractivity contribution is -0.131. The van der Waals surface area contributed by atoms with Gasteiger partial charge in [-0.1, -0.05) is 34.1 Å². The number of ether oxygens (including phenoxy) is 1. The molecule has 34 heavy (non-hydrogen) atoms. The first-order chi connectivity index (χ1) is 16.4. The van der Waals surface area contributed by atoms with Crippen LogP contribution in [0.15, 0.2) is 60.9 Å². The van der Waals surface area contributed by atoms with Crippen LogP contribution in [0.25, 0.3) is 0 Å². The van der Waals surface area contributed by atoms with Crippen LogP contribution in [0.5, 0.6) is 11.5 Å². The Balaban J connectivity index is 1.51. The third kappa shape index (κ3) is 5.53. The van der Waals surface area contributed by atoms with Crippen molar-refractivity contribution in [3.05, 3.63) is 72.1 Å². The van der Waals surface area contributed by atoms with E-state index in [0.29, 0.717) is 29.2 Å². The number of benzene rings is 2. The summed E-state index contributed by atoms with van der Waals surface area (Å²) in [5, 5.41) is 12.2. The highest BCUT2D eigenvalue weighted by Crippen LogP contribution is 2.26. The maximum Gasteiger partial charge on any atom is 0.236 e. The molecular weight excluding hydrogens is 496 g/mol. The fourth-order valence-electron chi connectivity index (χ4n) is 3.95. The minimum atomic E-state index is -0.224. The van der Waals surface area contributed by atoms with Crippen molar-refractivity contribution in [3.8, 4) is 11.5 Å². The highest BCUT2D eigenvalue weighted by molar-refractivity contribution is 9.10. The Morgan fingerprint density at radius 2 is 1.88 bits per heavy atom. The summed E-state index contributed by atoms with van der Waals surface area (Å²) in [5.41, 5.74) is 7.50. The Morgan fingerprint density at radius 3 is 2.59 bits per heavy atom. The molecule has 1 aliphatic heterocycles. The van der Waals surface area contributed by atoms with Gasteiger partial charge >= 0.3 is 0 Å². The van der Waals surface area contributed by atoms with Gasteiger partial charge in [0.1, 0.15) is 29.5 Å². The zero-order valence-electron chi connectivity index (χ0n) is 18.9. The number of alkyl halides is 1. The monoisotopic (exact) mass is 522 g/mol. The molecule has 0 saturated carbocycles. The van der Waals surface area contributed by atoms with Crippen molar-refractivity contribution in [2.45, 2.75) is 30.6 Å². The molecule has 4 rings (SSSR count). The molecule has 2 aromatic carbocycles.